The number of hydrogen-bond donors (Lipinski definition) is 0. The Kier molecular flexibility index (Phi) is 265. The van der Waals surface area contributed by atoms with E-state index < -0.39 is 0 Å². The Morgan fingerprint density at radius 1 is 0.800 bits per heavy atom. The normalized spacial score (nSPS) is 0. The summed E-state index contributed by atoms with van der Waals surface area (Å²) in [5, 5.41) is 0. The molecule has 0 unspecified atom stereocenters. The van der Waals surface area contributed by atoms with Crippen LogP contribution in [0.5, 0.6) is 0 Å². The van der Waals surface area contributed by atoms with Gasteiger partial charge in [0, 0.05) is 0 Å². The maximum Gasteiger partial charge on any atom is 4.00 e. The van der Waals surface area contributed by atoms with Crippen LogP contribution in [0, 0.1) is 0 Å². The number of rotatable bonds is 0. The summed E-state index contributed by atoms with van der Waals surface area (Å²) in [5.41, 5.74) is 0. The first-order valence-electron chi connectivity index (χ1n) is 0. The zero-order valence-electron chi connectivity index (χ0n) is 2.73. The van der Waals surface area contributed by atoms with Crippen LogP contribution in [0.25, 0.3) is 0 Å². The van der Waals surface area contributed by atoms with Gasteiger partial charge in [0.2, 0.25) is 0 Å². The van der Waals surface area contributed by atoms with Gasteiger partial charge in [-0.05, 0) is 0 Å². The minimum absolute atomic E-state index is 0. The summed E-state index contributed by atoms with van der Waals surface area (Å²) in [4.78, 5) is 0. The molecular formula is BaO2TiZn+4. The Bertz CT molecular complexity index is 9.61. The van der Waals surface area contributed by atoms with Gasteiger partial charge in [0.25, 0.3) is 0 Å². The molecule has 5 heteroatoms. The molecule has 0 saturated carbocycles. The summed E-state index contributed by atoms with van der Waals surface area (Å²) in [5.74, 6) is 0. The van der Waals surface area contributed by atoms with Crippen molar-refractivity contribution in [3.63, 3.8) is 0 Å². The fourth-order valence-corrected chi connectivity index (χ4v) is 0. The molecular weight excluding hydrogens is 283 g/mol. The molecule has 0 aliphatic carbocycles. The SMILES string of the molecule is [Ba+2].[O-2].[O-2].[Ti+4].[Zn+2]. The molecule has 0 bridgehead atoms. The van der Waals surface area contributed by atoms with Gasteiger partial charge < -0.3 is 11.0 Å². The Morgan fingerprint density at radius 2 is 0.800 bits per heavy atom. The molecule has 0 atom stereocenters. The third-order valence-electron chi connectivity index (χ3n) is 0. The van der Waals surface area contributed by atoms with Crippen molar-refractivity contribution in [3.8, 4) is 0 Å². The molecule has 0 aromatic heterocycles. The topological polar surface area (TPSA) is 57.0 Å². The van der Waals surface area contributed by atoms with Crippen LogP contribution < -0.4 is 0 Å². The van der Waals surface area contributed by atoms with E-state index in [0.29, 0.717) is 0 Å². The standard InChI is InChI=1S/Ba.2O.Ti.Zn/q+2;2*-2;+4;+2. The molecule has 0 aliphatic heterocycles. The summed E-state index contributed by atoms with van der Waals surface area (Å²) in [6.07, 6.45) is 0. The third kappa shape index (κ3) is 19.9. The zero-order valence-corrected chi connectivity index (χ0v) is 11.7. The van der Waals surface area contributed by atoms with Gasteiger partial charge in [-0.3, -0.25) is 0 Å². The molecule has 0 spiro atoms. The fraction of sp³-hybridized carbons (Fsp3) is 0. The van der Waals surface area contributed by atoms with E-state index in [1.165, 1.54) is 0 Å². The fourth-order valence-electron chi connectivity index (χ4n) is 0. The molecule has 0 radical (unpaired) electrons. The van der Waals surface area contributed by atoms with Crippen LogP contribution in [0.4, 0.5) is 0 Å². The van der Waals surface area contributed by atoms with E-state index in [4.69, 9.17) is 0 Å². The Morgan fingerprint density at radius 3 is 0.800 bits per heavy atom. The van der Waals surface area contributed by atoms with Crippen molar-refractivity contribution < 1.29 is 52.1 Å². The van der Waals surface area contributed by atoms with Crippen molar-refractivity contribution in [2.45, 2.75) is 0 Å². The Hall–Kier alpha value is 2.83. The van der Waals surface area contributed by atoms with Crippen LogP contribution >= 0.6 is 0 Å². The molecule has 0 amide bonds. The molecule has 0 rings (SSSR count). The molecule has 0 fully saturated rings. The monoisotopic (exact) mass is 282 g/mol. The first kappa shape index (κ1) is 45.6. The van der Waals surface area contributed by atoms with Gasteiger partial charge in [-0.15, -0.1) is 0 Å². The minimum atomic E-state index is 0. The minimum Gasteiger partial charge on any atom is -2.00 e. The van der Waals surface area contributed by atoms with Crippen molar-refractivity contribution in [2.24, 2.45) is 0 Å². The molecule has 0 aromatic rings. The van der Waals surface area contributed by atoms with Crippen LogP contribution in [-0.2, 0) is 52.1 Å². The average molecular weight is 283 g/mol. The molecule has 0 aromatic carbocycles. The predicted octanol–water partition coefficient (Wildman–Crippen LogP) is -0.623. The second kappa shape index (κ2) is 29.0. The first-order chi connectivity index (χ1) is 0. The van der Waals surface area contributed by atoms with Crippen LogP contribution in [-0.4, -0.2) is 48.9 Å². The summed E-state index contributed by atoms with van der Waals surface area (Å²) < 4.78 is 0. The van der Waals surface area contributed by atoms with Crippen molar-refractivity contribution in [2.75, 3.05) is 0 Å². The van der Waals surface area contributed by atoms with Crippen molar-refractivity contribution in [1.82, 2.24) is 0 Å². The van der Waals surface area contributed by atoms with Gasteiger partial charge in [0.05, 0.1) is 0 Å². The van der Waals surface area contributed by atoms with Gasteiger partial charge >= 0.3 is 90.1 Å². The largest absolute Gasteiger partial charge is 4.00 e. The molecule has 2 nitrogen and oxygen atoms in total. The molecule has 16 valence electrons. The van der Waals surface area contributed by atoms with E-state index in [9.17, 15) is 0 Å². The summed E-state index contributed by atoms with van der Waals surface area (Å²) in [6, 6.07) is 0. The molecule has 0 saturated heterocycles. The molecule has 0 N–H and O–H groups in total. The second-order valence-corrected chi connectivity index (χ2v) is 0. The van der Waals surface area contributed by atoms with Crippen molar-refractivity contribution in [1.29, 1.82) is 0 Å². The second-order valence-electron chi connectivity index (χ2n) is 0. The summed E-state index contributed by atoms with van der Waals surface area (Å²) in [6.45, 7) is 0. The van der Waals surface area contributed by atoms with Crippen LogP contribution in [0.2, 0.25) is 0 Å². The van der Waals surface area contributed by atoms with Gasteiger partial charge in [-0.1, -0.05) is 0 Å². The van der Waals surface area contributed by atoms with E-state index in [-0.39, 0.29) is 101 Å². The predicted molar refractivity (Wildman–Crippen MR) is 7.13 cm³/mol. The van der Waals surface area contributed by atoms with Gasteiger partial charge in [-0.2, -0.15) is 0 Å². The smallest absolute Gasteiger partial charge is 2.00 e. The van der Waals surface area contributed by atoms with Crippen LogP contribution in [0.1, 0.15) is 0 Å². The first-order valence-corrected chi connectivity index (χ1v) is 0. The summed E-state index contributed by atoms with van der Waals surface area (Å²) >= 11 is 0. The van der Waals surface area contributed by atoms with E-state index >= 15 is 0 Å². The van der Waals surface area contributed by atoms with Crippen LogP contribution in [0.15, 0.2) is 0 Å². The maximum atomic E-state index is 0. The summed E-state index contributed by atoms with van der Waals surface area (Å²) in [7, 11) is 0. The molecule has 0 heterocycles. The van der Waals surface area contributed by atoms with Crippen molar-refractivity contribution in [3.05, 3.63) is 0 Å². The van der Waals surface area contributed by atoms with Gasteiger partial charge in [0.15, 0.2) is 0 Å². The van der Waals surface area contributed by atoms with E-state index in [1.54, 1.807) is 0 Å². The van der Waals surface area contributed by atoms with Gasteiger partial charge in [-0.25, -0.2) is 0 Å². The quantitative estimate of drug-likeness (QED) is 0.532. The van der Waals surface area contributed by atoms with Crippen LogP contribution in [0.3, 0.4) is 0 Å². The Balaban J connectivity index is 0. The maximum absolute atomic E-state index is 0. The van der Waals surface area contributed by atoms with Crippen molar-refractivity contribution >= 4 is 48.9 Å². The van der Waals surface area contributed by atoms with E-state index in [2.05, 4.69) is 0 Å². The number of hydrogen-bond acceptors (Lipinski definition) is 0. The van der Waals surface area contributed by atoms with E-state index in [0.717, 1.165) is 0 Å². The van der Waals surface area contributed by atoms with Gasteiger partial charge in [0.1, 0.15) is 0 Å². The average Bonchev–Trinajstić information content (AvgIpc) is 0. The third-order valence-corrected chi connectivity index (χ3v) is 0. The van der Waals surface area contributed by atoms with E-state index in [1.807, 2.05) is 0 Å². The Labute approximate surface area is 98.8 Å². The molecule has 0 aliphatic rings. The zero-order chi connectivity index (χ0) is 0. The molecule has 5 heavy (non-hydrogen) atoms.